The Balaban J connectivity index is 2.14. The molecule has 0 bridgehead atoms. The average molecular weight is 291 g/mol. The molecule has 2 rings (SSSR count). The molecular formula is C17H19F2NO. The Morgan fingerprint density at radius 1 is 1.10 bits per heavy atom. The number of halogens is 2. The summed E-state index contributed by atoms with van der Waals surface area (Å²) in [6.45, 7) is 5.00. The summed E-state index contributed by atoms with van der Waals surface area (Å²) in [7, 11) is 0. The molecule has 0 heterocycles. The van der Waals surface area contributed by atoms with E-state index in [4.69, 9.17) is 4.74 Å². The minimum atomic E-state index is -0.947. The SMILES string of the molecule is CCNC(COc1cccc(F)c1F)c1ccccc1C. The van der Waals surface area contributed by atoms with Crippen molar-refractivity contribution in [3.63, 3.8) is 0 Å². The van der Waals surface area contributed by atoms with Gasteiger partial charge >= 0.3 is 0 Å². The third-order valence-corrected chi connectivity index (χ3v) is 3.34. The zero-order valence-corrected chi connectivity index (χ0v) is 12.2. The van der Waals surface area contributed by atoms with Crippen molar-refractivity contribution in [2.45, 2.75) is 19.9 Å². The standard InChI is InChI=1S/C17H19F2NO/c1-3-20-15(13-8-5-4-7-12(13)2)11-21-16-10-6-9-14(18)17(16)19/h4-10,15,20H,3,11H2,1-2H3. The number of likely N-dealkylation sites (N-methyl/N-ethyl adjacent to an activating group) is 1. The molecule has 0 saturated heterocycles. The van der Waals surface area contributed by atoms with E-state index in [2.05, 4.69) is 5.32 Å². The summed E-state index contributed by atoms with van der Waals surface area (Å²) < 4.78 is 32.2. The molecule has 0 amide bonds. The molecule has 0 saturated carbocycles. The summed E-state index contributed by atoms with van der Waals surface area (Å²) in [5.74, 6) is -1.91. The molecule has 2 aromatic carbocycles. The van der Waals surface area contributed by atoms with E-state index in [1.807, 2.05) is 38.1 Å². The van der Waals surface area contributed by atoms with Crippen LogP contribution in [0.3, 0.4) is 0 Å². The van der Waals surface area contributed by atoms with Crippen molar-refractivity contribution in [2.75, 3.05) is 13.2 Å². The van der Waals surface area contributed by atoms with Gasteiger partial charge in [-0.1, -0.05) is 37.3 Å². The number of nitrogens with one attached hydrogen (secondary N) is 1. The molecule has 0 aliphatic rings. The van der Waals surface area contributed by atoms with Crippen LogP contribution in [0.4, 0.5) is 8.78 Å². The van der Waals surface area contributed by atoms with Crippen LogP contribution >= 0.6 is 0 Å². The first-order chi connectivity index (χ1) is 10.1. The van der Waals surface area contributed by atoms with Crippen molar-refractivity contribution < 1.29 is 13.5 Å². The zero-order chi connectivity index (χ0) is 15.2. The third kappa shape index (κ3) is 3.79. The van der Waals surface area contributed by atoms with Gasteiger partial charge in [-0.2, -0.15) is 4.39 Å². The molecule has 0 fully saturated rings. The predicted octanol–water partition coefficient (Wildman–Crippen LogP) is 4.00. The molecule has 21 heavy (non-hydrogen) atoms. The van der Waals surface area contributed by atoms with Crippen LogP contribution in [0.1, 0.15) is 24.1 Å². The van der Waals surface area contributed by atoms with Gasteiger partial charge in [-0.15, -0.1) is 0 Å². The summed E-state index contributed by atoms with van der Waals surface area (Å²) in [5, 5.41) is 3.30. The van der Waals surface area contributed by atoms with E-state index in [9.17, 15) is 8.78 Å². The highest BCUT2D eigenvalue weighted by atomic mass is 19.2. The maximum absolute atomic E-state index is 13.6. The lowest BCUT2D eigenvalue weighted by Gasteiger charge is -2.21. The molecule has 0 aromatic heterocycles. The number of benzene rings is 2. The first kappa shape index (κ1) is 15.4. The molecule has 1 atom stereocenters. The number of hydrogen-bond donors (Lipinski definition) is 1. The van der Waals surface area contributed by atoms with Crippen LogP contribution in [0.25, 0.3) is 0 Å². The highest BCUT2D eigenvalue weighted by Crippen LogP contribution is 2.22. The predicted molar refractivity (Wildman–Crippen MR) is 79.4 cm³/mol. The fraction of sp³-hybridized carbons (Fsp3) is 0.294. The Morgan fingerprint density at radius 3 is 2.57 bits per heavy atom. The van der Waals surface area contributed by atoms with Gasteiger partial charge in [0, 0.05) is 0 Å². The summed E-state index contributed by atoms with van der Waals surface area (Å²) in [4.78, 5) is 0. The largest absolute Gasteiger partial charge is 0.488 e. The second kappa shape index (κ2) is 7.18. The summed E-state index contributed by atoms with van der Waals surface area (Å²) in [6, 6.07) is 11.8. The fourth-order valence-electron chi connectivity index (χ4n) is 2.25. The summed E-state index contributed by atoms with van der Waals surface area (Å²) in [6.07, 6.45) is 0. The average Bonchev–Trinajstić information content (AvgIpc) is 2.48. The number of aryl methyl sites for hydroxylation is 1. The molecule has 1 N–H and O–H groups in total. The van der Waals surface area contributed by atoms with Gasteiger partial charge in [-0.25, -0.2) is 4.39 Å². The normalized spacial score (nSPS) is 12.2. The first-order valence-corrected chi connectivity index (χ1v) is 6.99. The maximum atomic E-state index is 13.6. The van der Waals surface area contributed by atoms with Crippen molar-refractivity contribution in [1.82, 2.24) is 5.32 Å². The van der Waals surface area contributed by atoms with E-state index < -0.39 is 11.6 Å². The number of rotatable bonds is 6. The van der Waals surface area contributed by atoms with E-state index in [1.165, 1.54) is 12.1 Å². The lowest BCUT2D eigenvalue weighted by atomic mass is 10.0. The fourth-order valence-corrected chi connectivity index (χ4v) is 2.25. The molecule has 112 valence electrons. The van der Waals surface area contributed by atoms with Crippen molar-refractivity contribution >= 4 is 0 Å². The molecule has 0 spiro atoms. The summed E-state index contributed by atoms with van der Waals surface area (Å²) >= 11 is 0. The third-order valence-electron chi connectivity index (χ3n) is 3.34. The maximum Gasteiger partial charge on any atom is 0.200 e. The highest BCUT2D eigenvalue weighted by Gasteiger charge is 2.15. The van der Waals surface area contributed by atoms with Crippen LogP contribution in [0, 0.1) is 18.6 Å². The van der Waals surface area contributed by atoms with Gasteiger partial charge in [0.1, 0.15) is 6.61 Å². The van der Waals surface area contributed by atoms with E-state index in [-0.39, 0.29) is 18.4 Å². The number of hydrogen-bond acceptors (Lipinski definition) is 2. The van der Waals surface area contributed by atoms with Gasteiger partial charge < -0.3 is 10.1 Å². The Kier molecular flexibility index (Phi) is 5.28. The molecule has 4 heteroatoms. The van der Waals surface area contributed by atoms with Gasteiger partial charge in [-0.3, -0.25) is 0 Å². The van der Waals surface area contributed by atoms with Gasteiger partial charge in [0.25, 0.3) is 0 Å². The van der Waals surface area contributed by atoms with Crippen LogP contribution in [0.15, 0.2) is 42.5 Å². The monoisotopic (exact) mass is 291 g/mol. The van der Waals surface area contributed by atoms with Crippen LogP contribution in [0.5, 0.6) is 5.75 Å². The molecule has 1 unspecified atom stereocenters. The molecule has 0 aliphatic heterocycles. The van der Waals surface area contributed by atoms with Gasteiger partial charge in [0.2, 0.25) is 5.82 Å². The smallest absolute Gasteiger partial charge is 0.200 e. The van der Waals surface area contributed by atoms with Gasteiger partial charge in [0.15, 0.2) is 11.6 Å². The van der Waals surface area contributed by atoms with Crippen LogP contribution in [-0.2, 0) is 0 Å². The Hall–Kier alpha value is -1.94. The zero-order valence-electron chi connectivity index (χ0n) is 12.2. The molecular weight excluding hydrogens is 272 g/mol. The number of ether oxygens (including phenoxy) is 1. The van der Waals surface area contributed by atoms with E-state index >= 15 is 0 Å². The van der Waals surface area contributed by atoms with E-state index in [0.717, 1.165) is 23.7 Å². The van der Waals surface area contributed by atoms with Crippen molar-refractivity contribution in [1.29, 1.82) is 0 Å². The highest BCUT2D eigenvalue weighted by molar-refractivity contribution is 5.30. The van der Waals surface area contributed by atoms with Crippen LogP contribution < -0.4 is 10.1 Å². The summed E-state index contributed by atoms with van der Waals surface area (Å²) in [5.41, 5.74) is 2.22. The van der Waals surface area contributed by atoms with Crippen molar-refractivity contribution in [3.05, 3.63) is 65.2 Å². The minimum absolute atomic E-state index is 0.0634. The van der Waals surface area contributed by atoms with Gasteiger partial charge in [0.05, 0.1) is 6.04 Å². The molecule has 2 nitrogen and oxygen atoms in total. The second-order valence-electron chi connectivity index (χ2n) is 4.83. The van der Waals surface area contributed by atoms with E-state index in [0.29, 0.717) is 0 Å². The molecule has 2 aromatic rings. The van der Waals surface area contributed by atoms with E-state index in [1.54, 1.807) is 0 Å². The van der Waals surface area contributed by atoms with Crippen LogP contribution in [0.2, 0.25) is 0 Å². The van der Waals surface area contributed by atoms with Gasteiger partial charge in [-0.05, 0) is 36.7 Å². The quantitative estimate of drug-likeness (QED) is 0.868. The first-order valence-electron chi connectivity index (χ1n) is 6.99. The van der Waals surface area contributed by atoms with Crippen LogP contribution in [-0.4, -0.2) is 13.2 Å². The Morgan fingerprint density at radius 2 is 1.86 bits per heavy atom. The second-order valence-corrected chi connectivity index (χ2v) is 4.83. The molecule has 0 aliphatic carbocycles. The Bertz CT molecular complexity index is 601. The Labute approximate surface area is 123 Å². The lowest BCUT2D eigenvalue weighted by molar-refractivity contribution is 0.253. The topological polar surface area (TPSA) is 21.3 Å². The van der Waals surface area contributed by atoms with Crippen molar-refractivity contribution in [3.8, 4) is 5.75 Å². The van der Waals surface area contributed by atoms with Crippen molar-refractivity contribution in [2.24, 2.45) is 0 Å². The molecule has 0 radical (unpaired) electrons. The lowest BCUT2D eigenvalue weighted by Crippen LogP contribution is -2.27. The minimum Gasteiger partial charge on any atom is -0.488 e.